The minimum Gasteiger partial charge on any atom is -0.496 e. The lowest BCUT2D eigenvalue weighted by Crippen LogP contribution is -2.34. The van der Waals surface area contributed by atoms with Gasteiger partial charge in [-0.05, 0) is 70.6 Å². The van der Waals surface area contributed by atoms with Gasteiger partial charge in [-0.1, -0.05) is 13.8 Å². The lowest BCUT2D eigenvalue weighted by molar-refractivity contribution is -0.118. The number of benzene rings is 2. The minimum absolute atomic E-state index is 0.0517. The lowest BCUT2D eigenvalue weighted by atomic mass is 10.2. The summed E-state index contributed by atoms with van der Waals surface area (Å²) in [4.78, 5) is 24.0. The maximum atomic E-state index is 12.3. The van der Waals surface area contributed by atoms with Crippen molar-refractivity contribution in [3.05, 3.63) is 52.5 Å². The molecule has 2 aromatic rings. The molecule has 2 amide bonds. The molecule has 3 N–H and O–H groups in total. The first-order valence-corrected chi connectivity index (χ1v) is 9.37. The number of hydrogen-bond donors (Lipinski definition) is 3. The van der Waals surface area contributed by atoms with E-state index < -0.39 is 0 Å². The van der Waals surface area contributed by atoms with Crippen LogP contribution in [-0.2, 0) is 4.79 Å². The van der Waals surface area contributed by atoms with Crippen LogP contribution in [0.2, 0.25) is 0 Å². The highest BCUT2D eigenvalue weighted by Crippen LogP contribution is 2.25. The Morgan fingerprint density at radius 2 is 1.63 bits per heavy atom. The number of carbonyl (C=O) groups excluding carboxylic acids is 2. The molecule has 0 heterocycles. The van der Waals surface area contributed by atoms with E-state index in [9.17, 15) is 9.59 Å². The summed E-state index contributed by atoms with van der Waals surface area (Å²) in [5, 5.41) is 8.53. The van der Waals surface area contributed by atoms with Crippen molar-refractivity contribution >= 4 is 56.4 Å². The van der Waals surface area contributed by atoms with Crippen LogP contribution in [0.5, 0.6) is 5.75 Å². The Balaban J connectivity index is 1.94. The van der Waals surface area contributed by atoms with Gasteiger partial charge in [0.1, 0.15) is 5.75 Å². The van der Waals surface area contributed by atoms with Crippen LogP contribution in [0.3, 0.4) is 0 Å². The molecular formula is C19H20BrN3O3S. The molecule has 8 heteroatoms. The van der Waals surface area contributed by atoms with Gasteiger partial charge in [-0.2, -0.15) is 0 Å². The predicted molar refractivity (Wildman–Crippen MR) is 114 cm³/mol. The molecule has 0 aliphatic rings. The first-order valence-electron chi connectivity index (χ1n) is 8.17. The van der Waals surface area contributed by atoms with Crippen molar-refractivity contribution in [3.8, 4) is 5.75 Å². The topological polar surface area (TPSA) is 79.5 Å². The second-order valence-corrected chi connectivity index (χ2v) is 7.24. The minimum atomic E-state index is -0.336. The van der Waals surface area contributed by atoms with Crippen LogP contribution in [0, 0.1) is 5.92 Å². The van der Waals surface area contributed by atoms with Crippen molar-refractivity contribution in [2.45, 2.75) is 13.8 Å². The van der Waals surface area contributed by atoms with E-state index in [0.717, 1.165) is 0 Å². The van der Waals surface area contributed by atoms with Crippen LogP contribution in [0.1, 0.15) is 24.2 Å². The number of hydrogen-bond acceptors (Lipinski definition) is 4. The van der Waals surface area contributed by atoms with Gasteiger partial charge < -0.3 is 15.4 Å². The summed E-state index contributed by atoms with van der Waals surface area (Å²) in [6.45, 7) is 3.65. The molecule has 2 rings (SSSR count). The maximum absolute atomic E-state index is 12.3. The van der Waals surface area contributed by atoms with E-state index in [0.29, 0.717) is 27.2 Å². The Bertz CT molecular complexity index is 854. The summed E-state index contributed by atoms with van der Waals surface area (Å²) in [5.41, 5.74) is 1.83. The van der Waals surface area contributed by atoms with E-state index in [4.69, 9.17) is 17.0 Å². The van der Waals surface area contributed by atoms with Crippen molar-refractivity contribution in [1.82, 2.24) is 5.32 Å². The molecule has 0 aliphatic carbocycles. The summed E-state index contributed by atoms with van der Waals surface area (Å²) in [7, 11) is 1.55. The van der Waals surface area contributed by atoms with E-state index in [1.54, 1.807) is 49.6 Å². The Labute approximate surface area is 171 Å². The number of methoxy groups -OCH3 is 1. The van der Waals surface area contributed by atoms with Crippen molar-refractivity contribution in [2.24, 2.45) is 5.92 Å². The van der Waals surface area contributed by atoms with Gasteiger partial charge in [-0.25, -0.2) is 0 Å². The number of rotatable bonds is 5. The molecule has 0 aromatic heterocycles. The molecule has 6 nitrogen and oxygen atoms in total. The molecule has 0 saturated carbocycles. The van der Waals surface area contributed by atoms with Crippen molar-refractivity contribution < 1.29 is 14.3 Å². The van der Waals surface area contributed by atoms with Crippen molar-refractivity contribution in [2.75, 3.05) is 17.7 Å². The highest BCUT2D eigenvalue weighted by atomic mass is 79.9. The molecule has 0 spiro atoms. The van der Waals surface area contributed by atoms with E-state index in [2.05, 4.69) is 31.9 Å². The van der Waals surface area contributed by atoms with Crippen LogP contribution >= 0.6 is 28.1 Å². The second kappa shape index (κ2) is 9.48. The second-order valence-electron chi connectivity index (χ2n) is 5.98. The molecule has 2 aromatic carbocycles. The summed E-state index contributed by atoms with van der Waals surface area (Å²) < 4.78 is 5.82. The van der Waals surface area contributed by atoms with E-state index >= 15 is 0 Å². The molecular weight excluding hydrogens is 430 g/mol. The van der Waals surface area contributed by atoms with Crippen molar-refractivity contribution in [3.63, 3.8) is 0 Å². The third kappa shape index (κ3) is 6.04. The number of nitrogens with one attached hydrogen (secondary N) is 3. The molecule has 142 valence electrons. The fraction of sp³-hybridized carbons (Fsp3) is 0.211. The Morgan fingerprint density at radius 3 is 2.15 bits per heavy atom. The highest BCUT2D eigenvalue weighted by molar-refractivity contribution is 9.10. The molecule has 0 atom stereocenters. The molecule has 0 aliphatic heterocycles. The highest BCUT2D eigenvalue weighted by Gasteiger charge is 2.11. The Hall–Kier alpha value is -2.45. The van der Waals surface area contributed by atoms with Crippen LogP contribution < -0.4 is 20.7 Å². The van der Waals surface area contributed by atoms with Gasteiger partial charge in [-0.15, -0.1) is 0 Å². The fourth-order valence-corrected chi connectivity index (χ4v) is 2.82. The SMILES string of the molecule is COc1ccc(C(=O)NC(=S)Nc2ccc(NC(=O)C(C)C)cc2)cc1Br. The monoisotopic (exact) mass is 449 g/mol. The summed E-state index contributed by atoms with van der Waals surface area (Å²) in [6.07, 6.45) is 0. The molecule has 27 heavy (non-hydrogen) atoms. The largest absolute Gasteiger partial charge is 0.496 e. The zero-order chi connectivity index (χ0) is 20.0. The summed E-state index contributed by atoms with van der Waals surface area (Å²) >= 11 is 8.53. The molecule has 0 saturated heterocycles. The van der Waals surface area contributed by atoms with Gasteiger partial charge in [-0.3, -0.25) is 14.9 Å². The van der Waals surface area contributed by atoms with Crippen LogP contribution in [0.25, 0.3) is 0 Å². The number of halogens is 1. The molecule has 0 fully saturated rings. The normalized spacial score (nSPS) is 10.3. The van der Waals surface area contributed by atoms with E-state index in [1.807, 2.05) is 13.8 Å². The number of amides is 2. The van der Waals surface area contributed by atoms with Gasteiger partial charge in [0.25, 0.3) is 5.91 Å². The van der Waals surface area contributed by atoms with E-state index in [-0.39, 0.29) is 22.8 Å². The average molecular weight is 450 g/mol. The number of ether oxygens (including phenoxy) is 1. The number of carbonyl (C=O) groups is 2. The Morgan fingerprint density at radius 1 is 1.04 bits per heavy atom. The van der Waals surface area contributed by atoms with E-state index in [1.165, 1.54) is 0 Å². The van der Waals surface area contributed by atoms with Gasteiger partial charge in [0.2, 0.25) is 5.91 Å². The Kier molecular flexibility index (Phi) is 7.32. The molecule has 0 radical (unpaired) electrons. The number of thiocarbonyl (C=S) groups is 1. The zero-order valence-electron chi connectivity index (χ0n) is 15.1. The summed E-state index contributed by atoms with van der Waals surface area (Å²) in [5.74, 6) is 0.154. The lowest BCUT2D eigenvalue weighted by Gasteiger charge is -2.12. The third-order valence-electron chi connectivity index (χ3n) is 3.58. The third-order valence-corrected chi connectivity index (χ3v) is 4.40. The standard InChI is InChI=1S/C19H20BrN3O3S/c1-11(2)17(24)21-13-5-7-14(8-6-13)22-19(27)23-18(25)12-4-9-16(26-3)15(20)10-12/h4-11H,1-3H3,(H,21,24)(H2,22,23,25,27). The molecule has 0 unspecified atom stereocenters. The van der Waals surface area contributed by atoms with Gasteiger partial charge in [0.15, 0.2) is 5.11 Å². The van der Waals surface area contributed by atoms with Gasteiger partial charge in [0, 0.05) is 22.9 Å². The maximum Gasteiger partial charge on any atom is 0.257 e. The molecule has 0 bridgehead atoms. The van der Waals surface area contributed by atoms with Crippen LogP contribution in [0.4, 0.5) is 11.4 Å². The summed E-state index contributed by atoms with van der Waals surface area (Å²) in [6, 6.07) is 12.0. The van der Waals surface area contributed by atoms with Crippen LogP contribution in [-0.4, -0.2) is 24.0 Å². The van der Waals surface area contributed by atoms with Gasteiger partial charge >= 0.3 is 0 Å². The quantitative estimate of drug-likeness (QED) is 0.596. The van der Waals surface area contributed by atoms with Gasteiger partial charge in [0.05, 0.1) is 11.6 Å². The number of anilines is 2. The first-order chi connectivity index (χ1) is 12.8. The zero-order valence-corrected chi connectivity index (χ0v) is 17.5. The van der Waals surface area contributed by atoms with Crippen LogP contribution in [0.15, 0.2) is 46.9 Å². The smallest absolute Gasteiger partial charge is 0.257 e. The average Bonchev–Trinajstić information content (AvgIpc) is 2.63. The van der Waals surface area contributed by atoms with Crippen molar-refractivity contribution in [1.29, 1.82) is 0 Å². The first kappa shape index (κ1) is 20.9. The predicted octanol–water partition coefficient (Wildman–Crippen LogP) is 4.18. The fourth-order valence-electron chi connectivity index (χ4n) is 2.07.